The maximum atomic E-state index is 15.1. The first-order valence-corrected chi connectivity index (χ1v) is 15.1. The zero-order valence-electron chi connectivity index (χ0n) is 23.5. The third-order valence-corrected chi connectivity index (χ3v) is 8.97. The Bertz CT molecular complexity index is 1800. The first-order valence-electron chi connectivity index (χ1n) is 14.3. The number of aryl methyl sites for hydroxylation is 1. The highest BCUT2D eigenvalue weighted by molar-refractivity contribution is 7.22. The lowest BCUT2D eigenvalue weighted by Crippen LogP contribution is -2.18. The Labute approximate surface area is 247 Å². The number of halogens is 1. The van der Waals surface area contributed by atoms with E-state index in [2.05, 4.69) is 50.7 Å². The van der Waals surface area contributed by atoms with Gasteiger partial charge in [-0.1, -0.05) is 29.5 Å². The van der Waals surface area contributed by atoms with E-state index in [0.29, 0.717) is 22.5 Å². The zero-order chi connectivity index (χ0) is 28.8. The maximum absolute atomic E-state index is 15.1. The van der Waals surface area contributed by atoms with Gasteiger partial charge in [-0.3, -0.25) is 14.4 Å². The van der Waals surface area contributed by atoms with Gasteiger partial charge in [0, 0.05) is 42.5 Å². The summed E-state index contributed by atoms with van der Waals surface area (Å²) in [5.74, 6) is 0.234. The van der Waals surface area contributed by atoms with Crippen LogP contribution in [0.2, 0.25) is 0 Å². The molecule has 1 N–H and O–H groups in total. The fourth-order valence-electron chi connectivity index (χ4n) is 5.77. The van der Waals surface area contributed by atoms with Crippen molar-refractivity contribution in [1.82, 2.24) is 24.6 Å². The summed E-state index contributed by atoms with van der Waals surface area (Å²) < 4.78 is 23.9. The van der Waals surface area contributed by atoms with Crippen molar-refractivity contribution < 1.29 is 13.9 Å². The number of anilines is 1. The van der Waals surface area contributed by atoms with Gasteiger partial charge in [0.25, 0.3) is 0 Å². The summed E-state index contributed by atoms with van der Waals surface area (Å²) in [6.07, 6.45) is 8.20. The molecule has 0 spiro atoms. The molecule has 8 nitrogen and oxygen atoms in total. The number of rotatable bonds is 8. The Morgan fingerprint density at radius 2 is 2.02 bits per heavy atom. The van der Waals surface area contributed by atoms with Crippen LogP contribution in [0, 0.1) is 5.82 Å². The molecule has 5 aromatic rings. The molecular weight excluding hydrogens is 551 g/mol. The number of amides is 1. The van der Waals surface area contributed by atoms with E-state index in [1.54, 1.807) is 18.3 Å². The molecule has 7 rings (SSSR count). The van der Waals surface area contributed by atoms with Crippen molar-refractivity contribution in [2.75, 3.05) is 18.9 Å². The summed E-state index contributed by atoms with van der Waals surface area (Å²) >= 11 is 1.42. The first kappa shape index (κ1) is 26.7. The number of nitrogens with zero attached hydrogens (tertiary/aromatic N) is 5. The van der Waals surface area contributed by atoms with Gasteiger partial charge in [-0.25, -0.2) is 14.4 Å². The van der Waals surface area contributed by atoms with E-state index in [1.807, 2.05) is 29.9 Å². The number of pyridine rings is 1. The number of thiazole rings is 1. The summed E-state index contributed by atoms with van der Waals surface area (Å²) in [7, 11) is 4.02. The van der Waals surface area contributed by atoms with Crippen LogP contribution < -0.4 is 10.1 Å². The predicted molar refractivity (Wildman–Crippen MR) is 161 cm³/mol. The number of benzene rings is 2. The molecule has 4 heterocycles. The molecule has 0 bridgehead atoms. The van der Waals surface area contributed by atoms with E-state index in [4.69, 9.17) is 4.74 Å². The van der Waals surface area contributed by atoms with Crippen molar-refractivity contribution in [2.45, 2.75) is 44.1 Å². The zero-order valence-corrected chi connectivity index (χ0v) is 24.3. The Balaban J connectivity index is 1.03. The summed E-state index contributed by atoms with van der Waals surface area (Å²) in [6.45, 7) is 1.01. The van der Waals surface area contributed by atoms with Gasteiger partial charge in [0.05, 0.1) is 22.3 Å². The molecular formula is C32H31FN6O2S. The van der Waals surface area contributed by atoms with Crippen LogP contribution in [0.4, 0.5) is 9.52 Å². The van der Waals surface area contributed by atoms with E-state index in [1.165, 1.54) is 30.2 Å². The summed E-state index contributed by atoms with van der Waals surface area (Å²) in [5.41, 5.74) is 5.68. The van der Waals surface area contributed by atoms with E-state index in [9.17, 15) is 4.79 Å². The number of nitrogens with one attached hydrogen (secondary N) is 1. The first-order chi connectivity index (χ1) is 20.4. The lowest BCUT2D eigenvalue weighted by Gasteiger charge is -2.21. The van der Waals surface area contributed by atoms with Crippen LogP contribution >= 0.6 is 11.3 Å². The fraction of sp³-hybridized carbons (Fsp3) is 0.312. The summed E-state index contributed by atoms with van der Waals surface area (Å²) in [4.78, 5) is 24.2. The predicted octanol–water partition coefficient (Wildman–Crippen LogP) is 6.85. The van der Waals surface area contributed by atoms with Crippen molar-refractivity contribution in [3.63, 3.8) is 0 Å². The minimum absolute atomic E-state index is 0.0144. The lowest BCUT2D eigenvalue weighted by atomic mass is 10.0. The molecule has 0 radical (unpaired) electrons. The number of fused-ring (bicyclic) bond motifs is 1. The minimum Gasteiger partial charge on any atom is -0.436 e. The average Bonchev–Trinajstić information content (AvgIpc) is 3.41. The highest BCUT2D eigenvalue weighted by Crippen LogP contribution is 2.44. The number of hydrogen-bond acceptors (Lipinski definition) is 7. The molecule has 1 saturated carbocycles. The van der Waals surface area contributed by atoms with E-state index < -0.39 is 5.82 Å². The second-order valence-electron chi connectivity index (χ2n) is 11.2. The summed E-state index contributed by atoms with van der Waals surface area (Å²) in [6, 6.07) is 14.8. The van der Waals surface area contributed by atoms with E-state index >= 15 is 4.39 Å². The molecule has 1 aliphatic carbocycles. The smallest absolute Gasteiger partial charge is 0.230 e. The highest BCUT2D eigenvalue weighted by Gasteiger charge is 2.30. The van der Waals surface area contributed by atoms with E-state index in [0.717, 1.165) is 52.0 Å². The normalized spacial score (nSPS) is 17.2. The van der Waals surface area contributed by atoms with Crippen molar-refractivity contribution in [3.05, 3.63) is 83.6 Å². The second-order valence-corrected chi connectivity index (χ2v) is 12.2. The number of carbonyl (C=O) groups excluding carboxylic acids is 1. The molecule has 1 unspecified atom stereocenters. The molecule has 2 aliphatic rings. The number of carbonyl (C=O) groups is 1. The van der Waals surface area contributed by atoms with Crippen molar-refractivity contribution in [1.29, 1.82) is 0 Å². The van der Waals surface area contributed by atoms with Crippen LogP contribution in [0.25, 0.3) is 21.3 Å². The molecule has 1 saturated heterocycles. The number of hydrogen-bond donors (Lipinski definition) is 1. The quantitative estimate of drug-likeness (QED) is 0.215. The molecule has 2 aromatic carbocycles. The molecule has 10 heteroatoms. The molecule has 3 aromatic heterocycles. The largest absolute Gasteiger partial charge is 0.436 e. The van der Waals surface area contributed by atoms with Crippen molar-refractivity contribution in [2.24, 2.45) is 7.05 Å². The lowest BCUT2D eigenvalue weighted by molar-refractivity contribution is -0.115. The van der Waals surface area contributed by atoms with Crippen LogP contribution in [-0.4, -0.2) is 44.1 Å². The van der Waals surface area contributed by atoms with Gasteiger partial charge in [-0.15, -0.1) is 0 Å². The maximum Gasteiger partial charge on any atom is 0.230 e. The van der Waals surface area contributed by atoms with Gasteiger partial charge < -0.3 is 10.1 Å². The highest BCUT2D eigenvalue weighted by atomic mass is 32.1. The van der Waals surface area contributed by atoms with Crippen molar-refractivity contribution >= 4 is 32.6 Å². The van der Waals surface area contributed by atoms with Gasteiger partial charge in [-0.05, 0) is 80.7 Å². The minimum atomic E-state index is -0.537. The average molecular weight is 583 g/mol. The summed E-state index contributed by atoms with van der Waals surface area (Å²) in [5, 5.41) is 8.07. The molecule has 214 valence electrons. The Morgan fingerprint density at radius 1 is 1.14 bits per heavy atom. The second kappa shape index (κ2) is 10.9. The van der Waals surface area contributed by atoms with Crippen LogP contribution in [-0.2, 0) is 18.3 Å². The Kier molecular flexibility index (Phi) is 6.95. The Morgan fingerprint density at radius 3 is 2.81 bits per heavy atom. The van der Waals surface area contributed by atoms with Crippen LogP contribution in [0.5, 0.6) is 11.6 Å². The number of ether oxygens (including phenoxy) is 1. The van der Waals surface area contributed by atoms with Gasteiger partial charge in [0.15, 0.2) is 16.7 Å². The number of aromatic nitrogens is 4. The molecule has 1 amide bonds. The standard InChI is InChI=1S/C32H31FN6O2S/c1-38-14-4-6-26(38)22-5-3-13-34-31(22)41-27-11-7-19(15-24(27)33)16-29(40)36-32-35-25-17-21(10-12-28(25)42-32)23-18-39(2)37-30(23)20-8-9-20/h3,5,7,10-13,15,17-18,20,26H,4,6,8-9,14,16H2,1-2H3,(H,35,36,40). The molecule has 1 aliphatic heterocycles. The topological polar surface area (TPSA) is 85.2 Å². The SMILES string of the molecule is CN1CCCC1c1cccnc1Oc1ccc(CC(=O)Nc2nc3cc(-c4cn(C)nc4C4CC4)ccc3s2)cc1F. The molecule has 2 fully saturated rings. The fourth-order valence-corrected chi connectivity index (χ4v) is 6.63. The third-order valence-electron chi connectivity index (χ3n) is 8.01. The molecule has 42 heavy (non-hydrogen) atoms. The van der Waals surface area contributed by atoms with Gasteiger partial charge in [0.1, 0.15) is 0 Å². The third kappa shape index (κ3) is 5.39. The molecule has 1 atom stereocenters. The van der Waals surface area contributed by atoms with Crippen molar-refractivity contribution in [3.8, 4) is 22.8 Å². The monoisotopic (exact) mass is 582 g/mol. The Hall–Kier alpha value is -4.15. The van der Waals surface area contributed by atoms with Crippen LogP contribution in [0.3, 0.4) is 0 Å². The van der Waals surface area contributed by atoms with Gasteiger partial charge in [-0.2, -0.15) is 5.10 Å². The van der Waals surface area contributed by atoms with Gasteiger partial charge in [0.2, 0.25) is 11.8 Å². The number of likely N-dealkylation sites (tertiary alicyclic amines) is 1. The van der Waals surface area contributed by atoms with Gasteiger partial charge >= 0.3 is 0 Å². The van der Waals surface area contributed by atoms with E-state index in [-0.39, 0.29) is 24.1 Å². The van der Waals surface area contributed by atoms with Crippen LogP contribution in [0.1, 0.15) is 54.5 Å². The van der Waals surface area contributed by atoms with Crippen LogP contribution in [0.15, 0.2) is 60.9 Å².